The summed E-state index contributed by atoms with van der Waals surface area (Å²) in [5.41, 5.74) is 7.02. The van der Waals surface area contributed by atoms with Crippen LogP contribution in [0.1, 0.15) is 29.0 Å². The maximum absolute atomic E-state index is 12.4. The molecule has 0 bridgehead atoms. The van der Waals surface area contributed by atoms with Crippen LogP contribution in [0, 0.1) is 6.92 Å². The molecule has 0 spiro atoms. The SMILES string of the molecule is Cc1cc(S(=O)(=O)NC(C)c2cccs2)ccc1C(N)=S. The standard InChI is InChI=1S/C14H16N2O2S3/c1-9-8-11(5-6-12(9)14(15)19)21(17,18)16-10(2)13-4-3-7-20-13/h3-8,10,16H,1-2H3,(H2,15,19). The molecule has 7 heteroatoms. The second-order valence-corrected chi connectivity index (χ2v) is 7.83. The van der Waals surface area contributed by atoms with Crippen LogP contribution in [0.5, 0.6) is 0 Å². The molecule has 2 aromatic rings. The second kappa shape index (κ2) is 6.23. The van der Waals surface area contributed by atoms with E-state index in [-0.39, 0.29) is 15.9 Å². The van der Waals surface area contributed by atoms with E-state index in [1.54, 1.807) is 19.1 Å². The lowest BCUT2D eigenvalue weighted by molar-refractivity contribution is 0.568. The van der Waals surface area contributed by atoms with Crippen LogP contribution < -0.4 is 10.5 Å². The smallest absolute Gasteiger partial charge is 0.241 e. The van der Waals surface area contributed by atoms with Crippen molar-refractivity contribution in [2.24, 2.45) is 5.73 Å². The Bertz CT molecular complexity index is 753. The summed E-state index contributed by atoms with van der Waals surface area (Å²) in [5.74, 6) is 0. The highest BCUT2D eigenvalue weighted by molar-refractivity contribution is 7.89. The van der Waals surface area contributed by atoms with Gasteiger partial charge in [-0.2, -0.15) is 0 Å². The van der Waals surface area contributed by atoms with Crippen molar-refractivity contribution >= 4 is 38.6 Å². The van der Waals surface area contributed by atoms with Gasteiger partial charge in [-0.25, -0.2) is 13.1 Å². The van der Waals surface area contributed by atoms with Crippen LogP contribution in [0.4, 0.5) is 0 Å². The molecule has 112 valence electrons. The lowest BCUT2D eigenvalue weighted by Crippen LogP contribution is -2.26. The van der Waals surface area contributed by atoms with Crippen LogP contribution in [-0.2, 0) is 10.0 Å². The number of rotatable bonds is 5. The van der Waals surface area contributed by atoms with Gasteiger partial charge in [-0.1, -0.05) is 24.4 Å². The molecule has 0 amide bonds. The lowest BCUT2D eigenvalue weighted by atomic mass is 10.1. The number of benzene rings is 1. The maximum Gasteiger partial charge on any atom is 0.241 e. The predicted octanol–water partition coefficient (Wildman–Crippen LogP) is 2.73. The minimum Gasteiger partial charge on any atom is -0.389 e. The molecular formula is C14H16N2O2S3. The molecule has 21 heavy (non-hydrogen) atoms. The molecule has 0 radical (unpaired) electrons. The van der Waals surface area contributed by atoms with E-state index in [9.17, 15) is 8.42 Å². The van der Waals surface area contributed by atoms with Crippen LogP contribution in [0.2, 0.25) is 0 Å². The van der Waals surface area contributed by atoms with Crippen molar-refractivity contribution < 1.29 is 8.42 Å². The quantitative estimate of drug-likeness (QED) is 0.821. The fourth-order valence-corrected chi connectivity index (χ4v) is 4.32. The van der Waals surface area contributed by atoms with Gasteiger partial charge in [0.05, 0.1) is 10.9 Å². The fraction of sp³-hybridized carbons (Fsp3) is 0.214. The summed E-state index contributed by atoms with van der Waals surface area (Å²) >= 11 is 6.44. The van der Waals surface area contributed by atoms with Crippen molar-refractivity contribution in [3.63, 3.8) is 0 Å². The van der Waals surface area contributed by atoms with E-state index in [1.807, 2.05) is 24.4 Å². The molecule has 1 aromatic heterocycles. The molecule has 1 unspecified atom stereocenters. The first-order chi connectivity index (χ1) is 9.81. The summed E-state index contributed by atoms with van der Waals surface area (Å²) in [6.07, 6.45) is 0. The van der Waals surface area contributed by atoms with Gasteiger partial charge in [0.1, 0.15) is 4.99 Å². The Kier molecular flexibility index (Phi) is 4.77. The molecular weight excluding hydrogens is 324 g/mol. The Labute approximate surface area is 134 Å². The van der Waals surface area contributed by atoms with Gasteiger partial charge in [0, 0.05) is 10.4 Å². The van der Waals surface area contributed by atoms with Crippen LogP contribution in [0.3, 0.4) is 0 Å². The van der Waals surface area contributed by atoms with E-state index >= 15 is 0 Å². The van der Waals surface area contributed by atoms with E-state index in [2.05, 4.69) is 4.72 Å². The largest absolute Gasteiger partial charge is 0.389 e. The minimum atomic E-state index is -3.58. The lowest BCUT2D eigenvalue weighted by Gasteiger charge is -2.14. The van der Waals surface area contributed by atoms with E-state index < -0.39 is 10.0 Å². The zero-order valence-electron chi connectivity index (χ0n) is 11.7. The first-order valence-electron chi connectivity index (χ1n) is 6.27. The molecule has 1 atom stereocenters. The maximum atomic E-state index is 12.4. The van der Waals surface area contributed by atoms with Crippen LogP contribution in [-0.4, -0.2) is 13.4 Å². The van der Waals surface area contributed by atoms with Gasteiger partial charge >= 0.3 is 0 Å². The third-order valence-corrected chi connectivity index (χ3v) is 5.89. The predicted molar refractivity (Wildman–Crippen MR) is 90.1 cm³/mol. The number of thiophene rings is 1. The summed E-state index contributed by atoms with van der Waals surface area (Å²) in [7, 11) is -3.58. The Morgan fingerprint density at radius 3 is 2.62 bits per heavy atom. The number of nitrogens with two attached hydrogens (primary N) is 1. The van der Waals surface area contributed by atoms with Crippen molar-refractivity contribution in [2.45, 2.75) is 24.8 Å². The van der Waals surface area contributed by atoms with Crippen LogP contribution >= 0.6 is 23.6 Å². The Morgan fingerprint density at radius 1 is 1.38 bits per heavy atom. The number of hydrogen-bond acceptors (Lipinski definition) is 4. The molecule has 4 nitrogen and oxygen atoms in total. The highest BCUT2D eigenvalue weighted by atomic mass is 32.2. The molecule has 0 saturated carbocycles. The number of nitrogens with one attached hydrogen (secondary N) is 1. The number of hydrogen-bond donors (Lipinski definition) is 2. The molecule has 0 aliphatic heterocycles. The van der Waals surface area contributed by atoms with E-state index in [0.29, 0.717) is 5.56 Å². The van der Waals surface area contributed by atoms with E-state index in [0.717, 1.165) is 10.4 Å². The summed E-state index contributed by atoms with van der Waals surface area (Å²) in [6, 6.07) is 8.27. The molecule has 0 aliphatic rings. The van der Waals surface area contributed by atoms with Gasteiger partial charge in [-0.15, -0.1) is 11.3 Å². The average Bonchev–Trinajstić information content (AvgIpc) is 2.91. The first kappa shape index (κ1) is 16.1. The monoisotopic (exact) mass is 340 g/mol. The molecule has 0 aliphatic carbocycles. The number of thiocarbonyl (C=S) groups is 1. The molecule has 0 fully saturated rings. The molecule has 3 N–H and O–H groups in total. The Hall–Kier alpha value is -1.28. The van der Waals surface area contributed by atoms with Gasteiger partial charge in [-0.05, 0) is 43.0 Å². The third-order valence-electron chi connectivity index (χ3n) is 3.08. The van der Waals surface area contributed by atoms with Gasteiger partial charge < -0.3 is 5.73 Å². The summed E-state index contributed by atoms with van der Waals surface area (Å²) in [5, 5.41) is 1.92. The average molecular weight is 340 g/mol. The minimum absolute atomic E-state index is 0.211. The zero-order chi connectivity index (χ0) is 15.6. The number of aryl methyl sites for hydroxylation is 1. The van der Waals surface area contributed by atoms with Gasteiger partial charge in [0.2, 0.25) is 10.0 Å². The molecule has 1 aromatic carbocycles. The molecule has 0 saturated heterocycles. The summed E-state index contributed by atoms with van der Waals surface area (Å²) < 4.78 is 27.5. The number of sulfonamides is 1. The van der Waals surface area contributed by atoms with Crippen molar-refractivity contribution in [1.29, 1.82) is 0 Å². The third kappa shape index (κ3) is 3.68. The van der Waals surface area contributed by atoms with Crippen LogP contribution in [0.25, 0.3) is 0 Å². The summed E-state index contributed by atoms with van der Waals surface area (Å²) in [4.78, 5) is 1.44. The van der Waals surface area contributed by atoms with Gasteiger partial charge in [0.25, 0.3) is 0 Å². The second-order valence-electron chi connectivity index (χ2n) is 4.70. The van der Waals surface area contributed by atoms with Crippen LogP contribution in [0.15, 0.2) is 40.6 Å². The van der Waals surface area contributed by atoms with Crippen molar-refractivity contribution in [2.75, 3.05) is 0 Å². The Morgan fingerprint density at radius 2 is 2.10 bits per heavy atom. The summed E-state index contributed by atoms with van der Waals surface area (Å²) in [6.45, 7) is 3.61. The van der Waals surface area contributed by atoms with Crippen molar-refractivity contribution in [3.05, 3.63) is 51.7 Å². The zero-order valence-corrected chi connectivity index (χ0v) is 14.1. The van der Waals surface area contributed by atoms with Gasteiger partial charge in [-0.3, -0.25) is 0 Å². The van der Waals surface area contributed by atoms with Gasteiger partial charge in [0.15, 0.2) is 0 Å². The van der Waals surface area contributed by atoms with E-state index in [4.69, 9.17) is 18.0 Å². The van der Waals surface area contributed by atoms with Crippen molar-refractivity contribution in [3.8, 4) is 0 Å². The normalized spacial score (nSPS) is 13.0. The highest BCUT2D eigenvalue weighted by Crippen LogP contribution is 2.22. The van der Waals surface area contributed by atoms with E-state index in [1.165, 1.54) is 17.4 Å². The molecule has 1 heterocycles. The highest BCUT2D eigenvalue weighted by Gasteiger charge is 2.19. The first-order valence-corrected chi connectivity index (χ1v) is 9.04. The Balaban J connectivity index is 2.28. The topological polar surface area (TPSA) is 72.2 Å². The fourth-order valence-electron chi connectivity index (χ4n) is 1.98. The van der Waals surface area contributed by atoms with Crippen molar-refractivity contribution in [1.82, 2.24) is 4.72 Å². The molecule has 2 rings (SSSR count).